The zero-order valence-corrected chi connectivity index (χ0v) is 9.38. The highest BCUT2D eigenvalue weighted by atomic mass is 16.3. The summed E-state index contributed by atoms with van der Waals surface area (Å²) in [5.41, 5.74) is 2.24. The quantitative estimate of drug-likeness (QED) is 0.754. The Bertz CT molecular complexity index is 547. The van der Waals surface area contributed by atoms with Crippen LogP contribution in [0.1, 0.15) is 27.4 Å². The Morgan fingerprint density at radius 1 is 1.29 bits per heavy atom. The summed E-state index contributed by atoms with van der Waals surface area (Å²) in [6.07, 6.45) is 2.79. The zero-order chi connectivity index (χ0) is 12.3. The fraction of sp³-hybridized carbons (Fsp3) is 0.143. The fourth-order valence-corrected chi connectivity index (χ4v) is 1.61. The van der Waals surface area contributed by atoms with Crippen LogP contribution < -0.4 is 0 Å². The molecule has 0 fully saturated rings. The van der Waals surface area contributed by atoms with Gasteiger partial charge in [-0.2, -0.15) is 5.26 Å². The predicted molar refractivity (Wildman–Crippen MR) is 62.6 cm³/mol. The summed E-state index contributed by atoms with van der Waals surface area (Å²) in [6, 6.07) is 11.0. The van der Waals surface area contributed by atoms with Gasteiger partial charge in [0.25, 0.3) is 0 Å². The second-order valence-electron chi connectivity index (χ2n) is 3.85. The summed E-state index contributed by atoms with van der Waals surface area (Å²) < 4.78 is 4.86. The van der Waals surface area contributed by atoms with E-state index in [-0.39, 0.29) is 5.78 Å². The van der Waals surface area contributed by atoms with Gasteiger partial charge in [0, 0.05) is 0 Å². The summed E-state index contributed by atoms with van der Waals surface area (Å²) in [5, 5.41) is 9.12. The van der Waals surface area contributed by atoms with Gasteiger partial charge in [-0.15, -0.1) is 0 Å². The van der Waals surface area contributed by atoms with Crippen molar-refractivity contribution in [3.05, 3.63) is 59.5 Å². The number of nitriles is 1. The van der Waals surface area contributed by atoms with Gasteiger partial charge in [0.15, 0.2) is 5.78 Å². The lowest BCUT2D eigenvalue weighted by Gasteiger charge is -2.07. The molecule has 0 radical (unpaired) electrons. The Hall–Kier alpha value is -2.34. The second-order valence-corrected chi connectivity index (χ2v) is 3.85. The summed E-state index contributed by atoms with van der Waals surface area (Å²) >= 11 is 0. The van der Waals surface area contributed by atoms with Crippen molar-refractivity contribution in [3.8, 4) is 6.07 Å². The van der Waals surface area contributed by atoms with E-state index in [1.807, 2.05) is 25.1 Å². The smallest absolute Gasteiger partial charge is 0.187 e. The molecule has 0 aliphatic rings. The standard InChI is InChI=1S/C14H11NO2/c1-10-2-4-11(5-3-10)13(8-15)14(16)12-6-7-17-9-12/h2-7,9,13H,1H3. The molecule has 0 aliphatic carbocycles. The van der Waals surface area contributed by atoms with Crippen molar-refractivity contribution in [2.75, 3.05) is 0 Å². The molecule has 0 saturated carbocycles. The largest absolute Gasteiger partial charge is 0.472 e. The third kappa shape index (κ3) is 2.26. The van der Waals surface area contributed by atoms with E-state index in [0.717, 1.165) is 5.56 Å². The van der Waals surface area contributed by atoms with Crippen LogP contribution in [0.2, 0.25) is 0 Å². The number of rotatable bonds is 3. The number of hydrogen-bond acceptors (Lipinski definition) is 3. The Morgan fingerprint density at radius 3 is 2.53 bits per heavy atom. The second kappa shape index (κ2) is 4.67. The number of furan rings is 1. The predicted octanol–water partition coefficient (Wildman–Crippen LogP) is 3.08. The van der Waals surface area contributed by atoms with Crippen LogP contribution in [-0.4, -0.2) is 5.78 Å². The number of ketones is 1. The molecule has 3 nitrogen and oxygen atoms in total. The van der Waals surface area contributed by atoms with Crippen LogP contribution in [0.5, 0.6) is 0 Å². The molecule has 84 valence electrons. The molecular weight excluding hydrogens is 214 g/mol. The Kier molecular flexibility index (Phi) is 3.06. The SMILES string of the molecule is Cc1ccc(C(C#N)C(=O)c2ccoc2)cc1. The number of carbonyl (C=O) groups is 1. The highest BCUT2D eigenvalue weighted by molar-refractivity contribution is 6.02. The molecule has 17 heavy (non-hydrogen) atoms. The summed E-state index contributed by atoms with van der Waals surface area (Å²) in [6.45, 7) is 1.96. The third-order valence-corrected chi connectivity index (χ3v) is 2.61. The van der Waals surface area contributed by atoms with E-state index in [1.54, 1.807) is 18.2 Å². The number of aryl methyl sites for hydroxylation is 1. The maximum Gasteiger partial charge on any atom is 0.187 e. The van der Waals surface area contributed by atoms with Gasteiger partial charge in [0.1, 0.15) is 12.2 Å². The average molecular weight is 225 g/mol. The first kappa shape index (κ1) is 11.2. The van der Waals surface area contributed by atoms with Crippen LogP contribution in [-0.2, 0) is 0 Å². The van der Waals surface area contributed by atoms with E-state index in [9.17, 15) is 4.79 Å². The van der Waals surface area contributed by atoms with Crippen molar-refractivity contribution in [2.24, 2.45) is 0 Å². The highest BCUT2D eigenvalue weighted by Gasteiger charge is 2.22. The Morgan fingerprint density at radius 2 is 2.00 bits per heavy atom. The molecule has 3 heteroatoms. The van der Waals surface area contributed by atoms with Gasteiger partial charge in [-0.1, -0.05) is 29.8 Å². The van der Waals surface area contributed by atoms with Crippen molar-refractivity contribution in [1.82, 2.24) is 0 Å². The van der Waals surface area contributed by atoms with Crippen LogP contribution in [0.3, 0.4) is 0 Å². The molecule has 2 aromatic rings. The number of benzene rings is 1. The minimum atomic E-state index is -0.770. The summed E-state index contributed by atoms with van der Waals surface area (Å²) in [7, 11) is 0. The fourth-order valence-electron chi connectivity index (χ4n) is 1.61. The molecule has 2 rings (SSSR count). The van der Waals surface area contributed by atoms with Gasteiger partial charge < -0.3 is 4.42 Å². The molecule has 1 aromatic carbocycles. The first-order chi connectivity index (χ1) is 8.22. The van der Waals surface area contributed by atoms with Crippen molar-refractivity contribution >= 4 is 5.78 Å². The van der Waals surface area contributed by atoms with Gasteiger partial charge in [-0.25, -0.2) is 0 Å². The first-order valence-electron chi connectivity index (χ1n) is 5.25. The van der Waals surface area contributed by atoms with Crippen LogP contribution in [0.15, 0.2) is 47.3 Å². The number of Topliss-reactive ketones (excluding diaryl/α,β-unsaturated/α-hetero) is 1. The molecule has 0 N–H and O–H groups in total. The molecule has 0 aliphatic heterocycles. The van der Waals surface area contributed by atoms with E-state index in [1.165, 1.54) is 12.5 Å². The highest BCUT2D eigenvalue weighted by Crippen LogP contribution is 2.21. The lowest BCUT2D eigenvalue weighted by Crippen LogP contribution is -2.10. The topological polar surface area (TPSA) is 54.0 Å². The molecular formula is C14H11NO2. The number of hydrogen-bond donors (Lipinski definition) is 0. The van der Waals surface area contributed by atoms with Crippen molar-refractivity contribution in [2.45, 2.75) is 12.8 Å². The lowest BCUT2D eigenvalue weighted by molar-refractivity contribution is 0.0978. The van der Waals surface area contributed by atoms with Crippen LogP contribution in [0.25, 0.3) is 0 Å². The van der Waals surface area contributed by atoms with Gasteiger partial charge in [-0.3, -0.25) is 4.79 Å². The van der Waals surface area contributed by atoms with E-state index in [2.05, 4.69) is 0 Å². The normalized spacial score (nSPS) is 11.8. The molecule has 0 amide bonds. The monoisotopic (exact) mass is 225 g/mol. The average Bonchev–Trinajstić information content (AvgIpc) is 2.86. The molecule has 1 unspecified atom stereocenters. The van der Waals surface area contributed by atoms with Gasteiger partial charge in [0.2, 0.25) is 0 Å². The molecule has 1 atom stereocenters. The van der Waals surface area contributed by atoms with E-state index in [4.69, 9.17) is 9.68 Å². The van der Waals surface area contributed by atoms with Gasteiger partial charge in [0.05, 0.1) is 17.9 Å². The Labute approximate surface area is 99.3 Å². The molecule has 0 bridgehead atoms. The molecule has 1 heterocycles. The van der Waals surface area contributed by atoms with Gasteiger partial charge >= 0.3 is 0 Å². The van der Waals surface area contributed by atoms with E-state index >= 15 is 0 Å². The maximum atomic E-state index is 12.0. The van der Waals surface area contributed by atoms with E-state index in [0.29, 0.717) is 11.1 Å². The van der Waals surface area contributed by atoms with Gasteiger partial charge in [-0.05, 0) is 18.6 Å². The number of nitrogens with zero attached hydrogens (tertiary/aromatic N) is 1. The molecule has 1 aromatic heterocycles. The van der Waals surface area contributed by atoms with E-state index < -0.39 is 5.92 Å². The number of carbonyl (C=O) groups excluding carboxylic acids is 1. The molecule has 0 spiro atoms. The third-order valence-electron chi connectivity index (χ3n) is 2.61. The lowest BCUT2D eigenvalue weighted by atomic mass is 9.92. The molecule has 0 saturated heterocycles. The maximum absolute atomic E-state index is 12.0. The first-order valence-corrected chi connectivity index (χ1v) is 5.25. The van der Waals surface area contributed by atoms with Crippen molar-refractivity contribution in [1.29, 1.82) is 5.26 Å². The van der Waals surface area contributed by atoms with Crippen molar-refractivity contribution in [3.63, 3.8) is 0 Å². The van der Waals surface area contributed by atoms with Crippen LogP contribution in [0.4, 0.5) is 0 Å². The Balaban J connectivity index is 2.32. The minimum Gasteiger partial charge on any atom is -0.472 e. The van der Waals surface area contributed by atoms with Crippen molar-refractivity contribution < 1.29 is 9.21 Å². The van der Waals surface area contributed by atoms with Crippen LogP contribution in [0, 0.1) is 18.3 Å². The van der Waals surface area contributed by atoms with Crippen LogP contribution >= 0.6 is 0 Å². The summed E-state index contributed by atoms with van der Waals surface area (Å²) in [4.78, 5) is 12.0. The zero-order valence-electron chi connectivity index (χ0n) is 9.38. The minimum absolute atomic E-state index is 0.231. The summed E-state index contributed by atoms with van der Waals surface area (Å²) in [5.74, 6) is -1.00.